The zero-order chi connectivity index (χ0) is 21.3. The first-order chi connectivity index (χ1) is 14.4. The summed E-state index contributed by atoms with van der Waals surface area (Å²) >= 11 is 0.967. The van der Waals surface area contributed by atoms with Crippen LogP contribution in [-0.4, -0.2) is 40.9 Å². The molecule has 1 N–H and O–H groups in total. The fourth-order valence-corrected chi connectivity index (χ4v) is 5.09. The third-order valence-electron chi connectivity index (χ3n) is 4.64. The fourth-order valence-electron chi connectivity index (χ4n) is 3.14. The maximum absolute atomic E-state index is 13.4. The first-order valence-electron chi connectivity index (χ1n) is 8.86. The molecule has 0 aliphatic carbocycles. The van der Waals surface area contributed by atoms with Crippen molar-refractivity contribution in [3.05, 3.63) is 60.2 Å². The van der Waals surface area contributed by atoms with Crippen LogP contribution in [0.3, 0.4) is 0 Å². The van der Waals surface area contributed by atoms with E-state index in [4.69, 9.17) is 9.47 Å². The number of benzene rings is 2. The van der Waals surface area contributed by atoms with E-state index in [0.29, 0.717) is 33.9 Å². The first kappa shape index (κ1) is 20.3. The van der Waals surface area contributed by atoms with E-state index in [1.807, 2.05) is 0 Å². The number of ether oxygens (including phenoxy) is 2. The van der Waals surface area contributed by atoms with E-state index in [9.17, 15) is 8.42 Å². The standard InChI is InChI=1S/C19H19N5O4S2/c1-24-8-7-20-19(24)17(12-9-13(27-2)11-14(10-12)28-3)23-30(25,26)16-6-4-5-15-18(16)22-29-21-15/h4-11,17,23H,1-3H3/t17-/m0/s1. The molecule has 2 aromatic carbocycles. The van der Waals surface area contributed by atoms with Crippen molar-refractivity contribution in [1.82, 2.24) is 23.0 Å². The lowest BCUT2D eigenvalue weighted by Gasteiger charge is -2.20. The van der Waals surface area contributed by atoms with Crippen molar-refractivity contribution in [3.8, 4) is 11.5 Å². The topological polar surface area (TPSA) is 108 Å². The number of aryl methyl sites for hydroxylation is 1. The maximum atomic E-state index is 13.4. The van der Waals surface area contributed by atoms with Gasteiger partial charge in [-0.2, -0.15) is 13.5 Å². The van der Waals surface area contributed by atoms with Gasteiger partial charge in [0.25, 0.3) is 0 Å². The predicted octanol–water partition coefficient (Wildman–Crippen LogP) is 2.51. The quantitative estimate of drug-likeness (QED) is 0.466. The summed E-state index contributed by atoms with van der Waals surface area (Å²) in [5.41, 5.74) is 1.48. The van der Waals surface area contributed by atoms with Crippen LogP contribution in [-0.2, 0) is 17.1 Å². The minimum Gasteiger partial charge on any atom is -0.497 e. The van der Waals surface area contributed by atoms with Crippen LogP contribution in [0, 0.1) is 0 Å². The molecule has 0 aliphatic rings. The van der Waals surface area contributed by atoms with Crippen LogP contribution in [0.25, 0.3) is 11.0 Å². The molecule has 4 aromatic rings. The molecule has 2 aromatic heterocycles. The Kier molecular flexibility index (Phi) is 5.41. The van der Waals surface area contributed by atoms with Gasteiger partial charge in [0.2, 0.25) is 10.0 Å². The molecule has 0 aliphatic heterocycles. The summed E-state index contributed by atoms with van der Waals surface area (Å²) in [4.78, 5) is 4.42. The van der Waals surface area contributed by atoms with Gasteiger partial charge in [-0.3, -0.25) is 0 Å². The smallest absolute Gasteiger partial charge is 0.243 e. The fraction of sp³-hybridized carbons (Fsp3) is 0.211. The van der Waals surface area contributed by atoms with Gasteiger partial charge in [0.05, 0.1) is 25.9 Å². The number of sulfonamides is 1. The minimum absolute atomic E-state index is 0.0582. The second kappa shape index (κ2) is 8.01. The molecule has 9 nitrogen and oxygen atoms in total. The molecule has 0 spiro atoms. The number of nitrogens with one attached hydrogen (secondary N) is 1. The van der Waals surface area contributed by atoms with Crippen molar-refractivity contribution in [3.63, 3.8) is 0 Å². The lowest BCUT2D eigenvalue weighted by Crippen LogP contribution is -2.31. The molecule has 0 amide bonds. The Morgan fingerprint density at radius 2 is 1.83 bits per heavy atom. The summed E-state index contributed by atoms with van der Waals surface area (Å²) in [5.74, 6) is 1.58. The van der Waals surface area contributed by atoms with Crippen molar-refractivity contribution in [2.24, 2.45) is 7.05 Å². The first-order valence-corrected chi connectivity index (χ1v) is 11.1. The van der Waals surface area contributed by atoms with Crippen molar-refractivity contribution in [1.29, 1.82) is 0 Å². The van der Waals surface area contributed by atoms with Gasteiger partial charge in [-0.25, -0.2) is 13.4 Å². The number of methoxy groups -OCH3 is 2. The molecule has 156 valence electrons. The van der Waals surface area contributed by atoms with E-state index >= 15 is 0 Å². The van der Waals surface area contributed by atoms with Gasteiger partial charge in [-0.15, -0.1) is 0 Å². The van der Waals surface area contributed by atoms with Crippen LogP contribution in [0.15, 0.2) is 53.7 Å². The third-order valence-corrected chi connectivity index (χ3v) is 6.63. The van der Waals surface area contributed by atoms with Gasteiger partial charge in [0.15, 0.2) is 0 Å². The number of fused-ring (bicyclic) bond motifs is 1. The Hall–Kier alpha value is -3.02. The second-order valence-electron chi connectivity index (χ2n) is 6.48. The molecule has 0 radical (unpaired) electrons. The van der Waals surface area contributed by atoms with Gasteiger partial charge in [0.1, 0.15) is 39.3 Å². The normalized spacial score (nSPS) is 12.8. The summed E-state index contributed by atoms with van der Waals surface area (Å²) in [6, 6.07) is 9.29. The highest BCUT2D eigenvalue weighted by Crippen LogP contribution is 2.31. The van der Waals surface area contributed by atoms with E-state index < -0.39 is 16.1 Å². The molecule has 0 saturated heterocycles. The largest absolute Gasteiger partial charge is 0.497 e. The highest BCUT2D eigenvalue weighted by molar-refractivity contribution is 7.89. The Labute approximate surface area is 177 Å². The lowest BCUT2D eigenvalue weighted by atomic mass is 10.1. The zero-order valence-electron chi connectivity index (χ0n) is 16.4. The van der Waals surface area contributed by atoms with Gasteiger partial charge in [-0.05, 0) is 29.8 Å². The average Bonchev–Trinajstić information content (AvgIpc) is 3.40. The van der Waals surface area contributed by atoms with Crippen molar-refractivity contribution >= 4 is 32.8 Å². The summed E-state index contributed by atoms with van der Waals surface area (Å²) in [5, 5.41) is 0. The SMILES string of the molecule is COc1cc(OC)cc([C@H](NS(=O)(=O)c2cccc3nsnc23)c2nccn2C)c1. The maximum Gasteiger partial charge on any atom is 0.243 e. The van der Waals surface area contributed by atoms with Crippen LogP contribution >= 0.6 is 11.7 Å². The molecule has 0 unspecified atom stereocenters. The molecule has 0 bridgehead atoms. The molecule has 2 heterocycles. The van der Waals surface area contributed by atoms with Crippen LogP contribution in [0.2, 0.25) is 0 Å². The van der Waals surface area contributed by atoms with Gasteiger partial charge >= 0.3 is 0 Å². The lowest BCUT2D eigenvalue weighted by molar-refractivity contribution is 0.392. The highest BCUT2D eigenvalue weighted by atomic mass is 32.2. The number of nitrogens with zero attached hydrogens (tertiary/aromatic N) is 4. The third kappa shape index (κ3) is 3.74. The van der Waals surface area contributed by atoms with Crippen molar-refractivity contribution in [2.45, 2.75) is 10.9 Å². The molecule has 30 heavy (non-hydrogen) atoms. The highest BCUT2D eigenvalue weighted by Gasteiger charge is 2.28. The Morgan fingerprint density at radius 3 is 2.47 bits per heavy atom. The molecular formula is C19H19N5O4S2. The van der Waals surface area contributed by atoms with Crippen LogP contribution in [0.1, 0.15) is 17.4 Å². The van der Waals surface area contributed by atoms with Crippen molar-refractivity contribution in [2.75, 3.05) is 14.2 Å². The van der Waals surface area contributed by atoms with E-state index in [1.165, 1.54) is 20.3 Å². The molecule has 0 saturated carbocycles. The van der Waals surface area contributed by atoms with E-state index in [0.717, 1.165) is 11.7 Å². The van der Waals surface area contributed by atoms with Crippen LogP contribution in [0.5, 0.6) is 11.5 Å². The number of hydrogen-bond acceptors (Lipinski definition) is 8. The molecule has 4 rings (SSSR count). The molecule has 1 atom stereocenters. The average molecular weight is 446 g/mol. The predicted molar refractivity (Wildman–Crippen MR) is 112 cm³/mol. The van der Waals surface area contributed by atoms with Gasteiger partial charge in [-0.1, -0.05) is 6.07 Å². The number of imidazole rings is 1. The van der Waals surface area contributed by atoms with E-state index in [1.54, 1.807) is 54.3 Å². The number of rotatable bonds is 7. The van der Waals surface area contributed by atoms with Crippen LogP contribution < -0.4 is 14.2 Å². The number of hydrogen-bond donors (Lipinski definition) is 1. The molecule has 0 fully saturated rings. The van der Waals surface area contributed by atoms with E-state index in [2.05, 4.69) is 18.5 Å². The summed E-state index contributed by atoms with van der Waals surface area (Å²) in [6.45, 7) is 0. The summed E-state index contributed by atoms with van der Waals surface area (Å²) in [6.07, 6.45) is 3.36. The monoisotopic (exact) mass is 445 g/mol. The molecule has 11 heteroatoms. The Morgan fingerprint density at radius 1 is 1.10 bits per heavy atom. The Bertz CT molecular complexity index is 1280. The summed E-state index contributed by atoms with van der Waals surface area (Å²) in [7, 11) is 0.903. The van der Waals surface area contributed by atoms with Gasteiger partial charge < -0.3 is 14.0 Å². The van der Waals surface area contributed by atoms with E-state index in [-0.39, 0.29) is 4.90 Å². The minimum atomic E-state index is -3.97. The van der Waals surface area contributed by atoms with Gasteiger partial charge in [0, 0.05) is 25.5 Å². The number of aromatic nitrogens is 4. The van der Waals surface area contributed by atoms with Crippen LogP contribution in [0.4, 0.5) is 0 Å². The summed E-state index contributed by atoms with van der Waals surface area (Å²) < 4.78 is 50.3. The second-order valence-corrected chi connectivity index (χ2v) is 8.70. The molecular weight excluding hydrogens is 426 g/mol. The van der Waals surface area contributed by atoms with Crippen molar-refractivity contribution < 1.29 is 17.9 Å². The Balaban J connectivity index is 1.84. The zero-order valence-corrected chi connectivity index (χ0v) is 18.1.